The van der Waals surface area contributed by atoms with Crippen molar-refractivity contribution in [2.75, 3.05) is 27.3 Å². The minimum absolute atomic E-state index is 0.0837. The monoisotopic (exact) mass is 260 g/mol. The van der Waals surface area contributed by atoms with E-state index in [4.69, 9.17) is 9.68 Å². The summed E-state index contributed by atoms with van der Waals surface area (Å²) in [5.74, 6) is -0.167. The third kappa shape index (κ3) is 7.24. The van der Waals surface area contributed by atoms with Gasteiger partial charge in [0.2, 0.25) is 11.8 Å². The Kier molecular flexibility index (Phi) is 9.22. The van der Waals surface area contributed by atoms with Crippen molar-refractivity contribution in [3.8, 4) is 0 Å². The maximum Gasteiger partial charge on any atom is 0.242 e. The van der Waals surface area contributed by atoms with E-state index in [0.29, 0.717) is 13.1 Å². The standard InChI is InChI=1S/C12H24N2O4/c1-11(15)13(17-3)9-7-5-6-8-10-14(18-4)12(2)16/h5-10H2,1-4H3. The molecule has 6 nitrogen and oxygen atoms in total. The molecule has 0 aliphatic carbocycles. The number of hydrogen-bond donors (Lipinski definition) is 0. The molecular weight excluding hydrogens is 236 g/mol. The molecule has 0 N–H and O–H groups in total. The first kappa shape index (κ1) is 16.9. The highest BCUT2D eigenvalue weighted by Crippen LogP contribution is 2.04. The van der Waals surface area contributed by atoms with E-state index in [-0.39, 0.29) is 11.8 Å². The van der Waals surface area contributed by atoms with E-state index in [1.807, 2.05) is 0 Å². The van der Waals surface area contributed by atoms with Crippen molar-refractivity contribution in [3.05, 3.63) is 0 Å². The lowest BCUT2D eigenvalue weighted by Gasteiger charge is -2.18. The topological polar surface area (TPSA) is 59.1 Å². The summed E-state index contributed by atoms with van der Waals surface area (Å²) < 4.78 is 0. The molecule has 0 atom stereocenters. The number of carbonyl (C=O) groups is 2. The molecule has 2 amide bonds. The Morgan fingerprint density at radius 1 is 0.778 bits per heavy atom. The van der Waals surface area contributed by atoms with E-state index >= 15 is 0 Å². The summed E-state index contributed by atoms with van der Waals surface area (Å²) in [7, 11) is 2.98. The SMILES string of the molecule is CON(CCCCCCN(OC)C(C)=O)C(C)=O. The molecule has 0 aliphatic rings. The van der Waals surface area contributed by atoms with Crippen molar-refractivity contribution in [2.45, 2.75) is 39.5 Å². The van der Waals surface area contributed by atoms with Crippen LogP contribution in [0.4, 0.5) is 0 Å². The van der Waals surface area contributed by atoms with E-state index in [1.54, 1.807) is 0 Å². The summed E-state index contributed by atoms with van der Waals surface area (Å²) in [5.41, 5.74) is 0. The van der Waals surface area contributed by atoms with E-state index in [0.717, 1.165) is 25.7 Å². The smallest absolute Gasteiger partial charge is 0.242 e. The molecule has 0 saturated carbocycles. The lowest BCUT2D eigenvalue weighted by molar-refractivity contribution is -0.174. The average molecular weight is 260 g/mol. The van der Waals surface area contributed by atoms with Gasteiger partial charge in [-0.3, -0.25) is 19.3 Å². The Morgan fingerprint density at radius 2 is 1.11 bits per heavy atom. The van der Waals surface area contributed by atoms with Crippen LogP contribution in [0, 0.1) is 0 Å². The van der Waals surface area contributed by atoms with Gasteiger partial charge in [-0.25, -0.2) is 10.1 Å². The van der Waals surface area contributed by atoms with Gasteiger partial charge in [0.15, 0.2) is 0 Å². The zero-order valence-corrected chi connectivity index (χ0v) is 11.8. The Balaban J connectivity index is 3.56. The maximum atomic E-state index is 11.0. The fourth-order valence-corrected chi connectivity index (χ4v) is 1.62. The Labute approximate surface area is 109 Å². The van der Waals surface area contributed by atoms with Crippen LogP contribution in [0.2, 0.25) is 0 Å². The van der Waals surface area contributed by atoms with Gasteiger partial charge >= 0.3 is 0 Å². The van der Waals surface area contributed by atoms with Crippen molar-refractivity contribution in [1.29, 1.82) is 0 Å². The van der Waals surface area contributed by atoms with Crippen LogP contribution in [0.15, 0.2) is 0 Å². The van der Waals surface area contributed by atoms with Gasteiger partial charge in [-0.15, -0.1) is 0 Å². The second-order valence-corrected chi connectivity index (χ2v) is 4.02. The molecular formula is C12H24N2O4. The number of hydrogen-bond acceptors (Lipinski definition) is 4. The summed E-state index contributed by atoms with van der Waals surface area (Å²) in [6, 6.07) is 0. The zero-order valence-electron chi connectivity index (χ0n) is 11.8. The number of rotatable bonds is 9. The molecule has 0 aromatic rings. The number of hydroxylamine groups is 4. The van der Waals surface area contributed by atoms with Crippen molar-refractivity contribution in [3.63, 3.8) is 0 Å². The van der Waals surface area contributed by atoms with Crippen LogP contribution in [-0.2, 0) is 19.3 Å². The summed E-state index contributed by atoms with van der Waals surface area (Å²) in [6.45, 7) is 4.17. The Hall–Kier alpha value is -1.14. The van der Waals surface area contributed by atoms with Gasteiger partial charge < -0.3 is 0 Å². The predicted octanol–water partition coefficient (Wildman–Crippen LogP) is 1.37. The number of nitrogens with zero attached hydrogens (tertiary/aromatic N) is 2. The fourth-order valence-electron chi connectivity index (χ4n) is 1.62. The molecule has 6 heteroatoms. The first-order valence-electron chi connectivity index (χ1n) is 6.17. The van der Waals surface area contributed by atoms with Crippen molar-refractivity contribution in [2.24, 2.45) is 0 Å². The van der Waals surface area contributed by atoms with Gasteiger partial charge in [0.05, 0.1) is 14.2 Å². The van der Waals surface area contributed by atoms with Crippen LogP contribution in [0.3, 0.4) is 0 Å². The predicted molar refractivity (Wildman–Crippen MR) is 67.3 cm³/mol. The number of amides is 2. The van der Waals surface area contributed by atoms with Gasteiger partial charge in [0.25, 0.3) is 0 Å². The molecule has 0 aliphatic heterocycles. The molecule has 18 heavy (non-hydrogen) atoms. The Bertz CT molecular complexity index is 232. The van der Waals surface area contributed by atoms with E-state index in [2.05, 4.69) is 0 Å². The average Bonchev–Trinajstić information content (AvgIpc) is 2.32. The van der Waals surface area contributed by atoms with Crippen LogP contribution < -0.4 is 0 Å². The van der Waals surface area contributed by atoms with E-state index in [1.165, 1.54) is 38.2 Å². The highest BCUT2D eigenvalue weighted by molar-refractivity contribution is 5.72. The summed E-state index contributed by atoms with van der Waals surface area (Å²) in [4.78, 5) is 31.9. The first-order valence-corrected chi connectivity index (χ1v) is 6.17. The second kappa shape index (κ2) is 9.85. The third-order valence-corrected chi connectivity index (χ3v) is 2.62. The molecule has 0 bridgehead atoms. The lowest BCUT2D eigenvalue weighted by atomic mass is 10.2. The summed E-state index contributed by atoms with van der Waals surface area (Å²) in [5, 5.41) is 2.69. The quantitative estimate of drug-likeness (QED) is 0.464. The highest BCUT2D eigenvalue weighted by Gasteiger charge is 2.08. The third-order valence-electron chi connectivity index (χ3n) is 2.62. The second-order valence-electron chi connectivity index (χ2n) is 4.02. The van der Waals surface area contributed by atoms with Gasteiger partial charge in [0.1, 0.15) is 0 Å². The first-order chi connectivity index (χ1) is 8.52. The van der Waals surface area contributed by atoms with Crippen molar-refractivity contribution >= 4 is 11.8 Å². The summed E-state index contributed by atoms with van der Waals surface area (Å²) >= 11 is 0. The normalized spacial score (nSPS) is 10.2. The molecule has 0 unspecified atom stereocenters. The number of unbranched alkanes of at least 4 members (excludes halogenated alkanes) is 3. The minimum atomic E-state index is -0.0837. The van der Waals surface area contributed by atoms with Crippen LogP contribution in [-0.4, -0.2) is 49.2 Å². The Morgan fingerprint density at radius 3 is 1.33 bits per heavy atom. The van der Waals surface area contributed by atoms with Crippen LogP contribution in [0.25, 0.3) is 0 Å². The van der Waals surface area contributed by atoms with Crippen molar-refractivity contribution in [1.82, 2.24) is 10.1 Å². The van der Waals surface area contributed by atoms with Gasteiger partial charge in [-0.1, -0.05) is 12.8 Å². The molecule has 0 rings (SSSR count). The lowest BCUT2D eigenvalue weighted by Crippen LogP contribution is -2.29. The number of carbonyl (C=O) groups excluding carboxylic acids is 2. The van der Waals surface area contributed by atoms with E-state index in [9.17, 15) is 9.59 Å². The van der Waals surface area contributed by atoms with E-state index < -0.39 is 0 Å². The minimum Gasteiger partial charge on any atom is -0.274 e. The van der Waals surface area contributed by atoms with Crippen LogP contribution >= 0.6 is 0 Å². The van der Waals surface area contributed by atoms with Gasteiger partial charge in [-0.05, 0) is 12.8 Å². The summed E-state index contributed by atoms with van der Waals surface area (Å²) in [6.07, 6.45) is 3.76. The molecule has 0 heterocycles. The fraction of sp³-hybridized carbons (Fsp3) is 0.833. The molecule has 0 spiro atoms. The van der Waals surface area contributed by atoms with Crippen molar-refractivity contribution < 1.29 is 19.3 Å². The molecule has 106 valence electrons. The molecule has 0 saturated heterocycles. The molecule has 0 aromatic heterocycles. The molecule has 0 fully saturated rings. The van der Waals surface area contributed by atoms with Crippen LogP contribution in [0.1, 0.15) is 39.5 Å². The zero-order chi connectivity index (χ0) is 14.0. The van der Waals surface area contributed by atoms with Gasteiger partial charge in [-0.2, -0.15) is 0 Å². The molecule has 0 aromatic carbocycles. The van der Waals surface area contributed by atoms with Crippen LogP contribution in [0.5, 0.6) is 0 Å². The highest BCUT2D eigenvalue weighted by atomic mass is 16.7. The maximum absolute atomic E-state index is 11.0. The molecule has 0 radical (unpaired) electrons. The van der Waals surface area contributed by atoms with Gasteiger partial charge in [0, 0.05) is 26.9 Å². The largest absolute Gasteiger partial charge is 0.274 e.